The minimum atomic E-state index is 0.125. The molecule has 35 heavy (non-hydrogen) atoms. The SMILES string of the molecule is O=C(CC1CCOC1)c1cc2ccc(-c3nccc(Nc4ccc(-c5cn[nH]c5)cc4)n3)cc2[nH]1. The highest BCUT2D eigenvalue weighted by atomic mass is 16.5. The van der Waals surface area contributed by atoms with Crippen molar-refractivity contribution in [1.82, 2.24) is 25.1 Å². The van der Waals surface area contributed by atoms with Gasteiger partial charge in [0.05, 0.1) is 11.9 Å². The van der Waals surface area contributed by atoms with Gasteiger partial charge in [0.25, 0.3) is 0 Å². The van der Waals surface area contributed by atoms with E-state index in [2.05, 4.69) is 25.5 Å². The van der Waals surface area contributed by atoms with E-state index in [-0.39, 0.29) is 5.78 Å². The molecule has 1 aliphatic rings. The molecule has 3 aromatic heterocycles. The first-order valence-corrected chi connectivity index (χ1v) is 11.6. The quantitative estimate of drug-likeness (QED) is 0.280. The molecule has 1 fully saturated rings. The molecule has 2 aromatic carbocycles. The lowest BCUT2D eigenvalue weighted by atomic mass is 10.0. The van der Waals surface area contributed by atoms with Gasteiger partial charge in [0.2, 0.25) is 0 Å². The highest BCUT2D eigenvalue weighted by Crippen LogP contribution is 2.26. The Labute approximate surface area is 201 Å². The predicted octanol–water partition coefficient (Wildman–Crippen LogP) is 5.37. The third kappa shape index (κ3) is 4.56. The van der Waals surface area contributed by atoms with Gasteiger partial charge in [0.15, 0.2) is 11.6 Å². The van der Waals surface area contributed by atoms with Crippen molar-refractivity contribution in [3.63, 3.8) is 0 Å². The number of nitrogens with one attached hydrogen (secondary N) is 3. The van der Waals surface area contributed by atoms with Gasteiger partial charge in [0.1, 0.15) is 5.82 Å². The van der Waals surface area contributed by atoms with Crippen molar-refractivity contribution < 1.29 is 9.53 Å². The number of nitrogens with zero attached hydrogens (tertiary/aromatic N) is 3. The predicted molar refractivity (Wildman–Crippen MR) is 135 cm³/mol. The van der Waals surface area contributed by atoms with E-state index in [1.807, 2.05) is 60.8 Å². The van der Waals surface area contributed by atoms with E-state index in [0.29, 0.717) is 36.3 Å². The van der Waals surface area contributed by atoms with Gasteiger partial charge in [-0.2, -0.15) is 5.10 Å². The number of ketones is 1. The molecule has 0 saturated carbocycles. The summed E-state index contributed by atoms with van der Waals surface area (Å²) in [7, 11) is 0. The van der Waals surface area contributed by atoms with Crippen LogP contribution in [-0.4, -0.2) is 44.1 Å². The summed E-state index contributed by atoms with van der Waals surface area (Å²) in [4.78, 5) is 25.1. The van der Waals surface area contributed by atoms with Gasteiger partial charge in [0, 0.05) is 59.7 Å². The number of anilines is 2. The summed E-state index contributed by atoms with van der Waals surface area (Å²) in [5.74, 6) is 1.75. The summed E-state index contributed by atoms with van der Waals surface area (Å²) in [5.41, 5.74) is 5.46. The van der Waals surface area contributed by atoms with E-state index in [0.717, 1.165) is 46.3 Å². The summed E-state index contributed by atoms with van der Waals surface area (Å²) in [5, 5.41) is 11.2. The number of fused-ring (bicyclic) bond motifs is 1. The number of Topliss-reactive ketones (excluding diaryl/α,β-unsaturated/α-hetero) is 1. The Morgan fingerprint density at radius 3 is 2.74 bits per heavy atom. The van der Waals surface area contributed by atoms with Crippen molar-refractivity contribution in [3.8, 4) is 22.5 Å². The topological polar surface area (TPSA) is 109 Å². The van der Waals surface area contributed by atoms with Crippen molar-refractivity contribution in [2.24, 2.45) is 5.92 Å². The summed E-state index contributed by atoms with van der Waals surface area (Å²) in [6.45, 7) is 1.42. The molecule has 1 unspecified atom stereocenters. The maximum Gasteiger partial charge on any atom is 0.179 e. The summed E-state index contributed by atoms with van der Waals surface area (Å²) >= 11 is 0. The Morgan fingerprint density at radius 2 is 1.94 bits per heavy atom. The summed E-state index contributed by atoms with van der Waals surface area (Å²) in [6.07, 6.45) is 6.86. The fourth-order valence-corrected chi connectivity index (χ4v) is 4.40. The summed E-state index contributed by atoms with van der Waals surface area (Å²) < 4.78 is 5.40. The Kier molecular flexibility index (Phi) is 5.56. The zero-order valence-electron chi connectivity index (χ0n) is 19.0. The maximum atomic E-state index is 12.7. The molecular weight excluding hydrogens is 440 g/mol. The van der Waals surface area contributed by atoms with Crippen molar-refractivity contribution in [3.05, 3.63) is 78.9 Å². The highest BCUT2D eigenvalue weighted by molar-refractivity contribution is 6.00. The lowest BCUT2D eigenvalue weighted by molar-refractivity contribution is 0.0948. The number of carbonyl (C=O) groups is 1. The van der Waals surface area contributed by atoms with Gasteiger partial charge < -0.3 is 15.0 Å². The number of rotatable bonds is 7. The van der Waals surface area contributed by atoms with Crippen LogP contribution >= 0.6 is 0 Å². The zero-order chi connectivity index (χ0) is 23.6. The smallest absolute Gasteiger partial charge is 0.179 e. The van der Waals surface area contributed by atoms with Crippen LogP contribution in [0.15, 0.2) is 73.2 Å². The molecule has 8 heteroatoms. The number of ether oxygens (including phenoxy) is 1. The van der Waals surface area contributed by atoms with Crippen LogP contribution in [0.5, 0.6) is 0 Å². The van der Waals surface area contributed by atoms with Crippen LogP contribution in [0.4, 0.5) is 11.5 Å². The fourth-order valence-electron chi connectivity index (χ4n) is 4.40. The van der Waals surface area contributed by atoms with Crippen LogP contribution in [0, 0.1) is 5.92 Å². The van der Waals surface area contributed by atoms with Crippen molar-refractivity contribution in [2.45, 2.75) is 12.8 Å². The van der Waals surface area contributed by atoms with E-state index >= 15 is 0 Å². The Bertz CT molecular complexity index is 1470. The van der Waals surface area contributed by atoms with Gasteiger partial charge in [-0.25, -0.2) is 9.97 Å². The largest absolute Gasteiger partial charge is 0.381 e. The number of aromatic nitrogens is 5. The van der Waals surface area contributed by atoms with Crippen LogP contribution < -0.4 is 5.32 Å². The minimum absolute atomic E-state index is 0.125. The molecule has 1 atom stereocenters. The first kappa shape index (κ1) is 21.2. The molecule has 0 radical (unpaired) electrons. The molecule has 3 N–H and O–H groups in total. The average molecular weight is 465 g/mol. The Hall–Kier alpha value is -4.30. The van der Waals surface area contributed by atoms with Crippen LogP contribution in [0.2, 0.25) is 0 Å². The standard InChI is InChI=1S/C27H24N6O2/c34-25(11-17-8-10-35-16-17)24-12-19-1-2-20(13-23(19)32-24)27-28-9-7-26(33-27)31-22-5-3-18(4-6-22)21-14-29-30-15-21/h1-7,9,12-15,17,32H,8,10-11,16H2,(H,29,30)(H,28,31,33). The second kappa shape index (κ2) is 9.15. The van der Waals surface area contributed by atoms with E-state index < -0.39 is 0 Å². The Morgan fingerprint density at radius 1 is 1.06 bits per heavy atom. The van der Waals surface area contributed by atoms with Crippen LogP contribution in [0.3, 0.4) is 0 Å². The molecule has 0 spiro atoms. The molecule has 0 aliphatic carbocycles. The normalized spacial score (nSPS) is 15.5. The van der Waals surface area contributed by atoms with E-state index in [1.165, 1.54) is 0 Å². The molecule has 0 bridgehead atoms. The number of carbonyl (C=O) groups excluding carboxylic acids is 1. The zero-order valence-corrected chi connectivity index (χ0v) is 19.0. The minimum Gasteiger partial charge on any atom is -0.381 e. The first-order valence-electron chi connectivity index (χ1n) is 11.6. The molecule has 6 rings (SSSR count). The van der Waals surface area contributed by atoms with Gasteiger partial charge in [-0.05, 0) is 48.2 Å². The Balaban J connectivity index is 1.20. The number of hydrogen-bond acceptors (Lipinski definition) is 6. The first-order chi connectivity index (χ1) is 17.2. The van der Waals surface area contributed by atoms with E-state index in [1.54, 1.807) is 12.4 Å². The average Bonchev–Trinajstić information content (AvgIpc) is 3.66. The van der Waals surface area contributed by atoms with E-state index in [9.17, 15) is 4.79 Å². The van der Waals surface area contributed by atoms with Crippen molar-refractivity contribution in [2.75, 3.05) is 18.5 Å². The molecule has 1 aliphatic heterocycles. The third-order valence-electron chi connectivity index (χ3n) is 6.32. The lowest BCUT2D eigenvalue weighted by Crippen LogP contribution is -2.08. The van der Waals surface area contributed by atoms with Crippen molar-refractivity contribution in [1.29, 1.82) is 0 Å². The van der Waals surface area contributed by atoms with Crippen LogP contribution in [0.25, 0.3) is 33.4 Å². The molecule has 174 valence electrons. The molecule has 8 nitrogen and oxygen atoms in total. The number of H-pyrrole nitrogens is 2. The number of benzene rings is 2. The van der Waals surface area contributed by atoms with Gasteiger partial charge in [-0.15, -0.1) is 0 Å². The van der Waals surface area contributed by atoms with E-state index in [4.69, 9.17) is 9.72 Å². The van der Waals surface area contributed by atoms with Crippen LogP contribution in [0.1, 0.15) is 23.3 Å². The highest BCUT2D eigenvalue weighted by Gasteiger charge is 2.21. The molecule has 5 aromatic rings. The maximum absolute atomic E-state index is 12.7. The van der Waals surface area contributed by atoms with Crippen molar-refractivity contribution >= 4 is 28.2 Å². The second-order valence-electron chi connectivity index (χ2n) is 8.80. The number of aromatic amines is 2. The van der Waals surface area contributed by atoms with Gasteiger partial charge in [-0.3, -0.25) is 9.89 Å². The fraction of sp³-hybridized carbons (Fsp3) is 0.185. The molecular formula is C27H24N6O2. The molecule has 0 amide bonds. The molecule has 4 heterocycles. The van der Waals surface area contributed by atoms with Gasteiger partial charge >= 0.3 is 0 Å². The van der Waals surface area contributed by atoms with Gasteiger partial charge in [-0.1, -0.05) is 24.3 Å². The third-order valence-corrected chi connectivity index (χ3v) is 6.32. The van der Waals surface area contributed by atoms with Crippen LogP contribution in [-0.2, 0) is 4.74 Å². The second-order valence-corrected chi connectivity index (χ2v) is 8.80. The lowest BCUT2D eigenvalue weighted by Gasteiger charge is -2.08. The number of hydrogen-bond donors (Lipinski definition) is 3. The monoisotopic (exact) mass is 464 g/mol. The summed E-state index contributed by atoms with van der Waals surface area (Å²) in [6, 6.07) is 17.8. The molecule has 1 saturated heterocycles.